The zero-order valence-electron chi connectivity index (χ0n) is 20.5. The highest BCUT2D eigenvalue weighted by molar-refractivity contribution is 5.95. The molecule has 1 fully saturated rings. The van der Waals surface area contributed by atoms with Crippen LogP contribution in [0.1, 0.15) is 44.1 Å². The molecule has 0 aromatic heterocycles. The van der Waals surface area contributed by atoms with Crippen LogP contribution in [0.2, 0.25) is 0 Å². The Morgan fingerprint density at radius 1 is 1.00 bits per heavy atom. The van der Waals surface area contributed by atoms with E-state index in [1.54, 1.807) is 12.1 Å². The number of nitrogens with two attached hydrogens (primary N) is 2. The molecule has 3 amide bonds. The van der Waals surface area contributed by atoms with Gasteiger partial charge in [-0.25, -0.2) is 4.79 Å². The Morgan fingerprint density at radius 3 is 2.24 bits per heavy atom. The van der Waals surface area contributed by atoms with Crippen LogP contribution in [-0.4, -0.2) is 87.1 Å². The van der Waals surface area contributed by atoms with Crippen molar-refractivity contribution in [1.29, 1.82) is 0 Å². The summed E-state index contributed by atoms with van der Waals surface area (Å²) >= 11 is 0. The zero-order valence-corrected chi connectivity index (χ0v) is 20.5. The standard InChI is InChI=1S/C24H35N5O8/c25-10-2-1-4-17(23(35)29-11-3-5-19(29)24(36)37)27-22(34)18(13-20(31)32)28-21(33)16(26)12-14-6-8-15(30)9-7-14/h6-9,16-19,30H,1-5,10-13,25-26H2,(H,27,34)(H,28,33)(H,31,32)(H,36,37). The van der Waals surface area contributed by atoms with Crippen LogP contribution in [-0.2, 0) is 30.4 Å². The molecule has 9 N–H and O–H groups in total. The van der Waals surface area contributed by atoms with E-state index in [0.29, 0.717) is 37.8 Å². The molecule has 4 unspecified atom stereocenters. The maximum absolute atomic E-state index is 13.2. The molecular formula is C24H35N5O8. The van der Waals surface area contributed by atoms with Crippen LogP contribution in [0.4, 0.5) is 0 Å². The number of carbonyl (C=O) groups is 5. The number of phenolic OH excluding ortho intramolecular Hbond substituents is 1. The Morgan fingerprint density at radius 2 is 1.65 bits per heavy atom. The molecule has 1 saturated heterocycles. The van der Waals surface area contributed by atoms with Crippen LogP contribution in [0.3, 0.4) is 0 Å². The molecule has 0 bridgehead atoms. The normalized spacial score (nSPS) is 17.5. The van der Waals surface area contributed by atoms with Gasteiger partial charge in [0, 0.05) is 6.54 Å². The molecular weight excluding hydrogens is 486 g/mol. The van der Waals surface area contributed by atoms with E-state index in [4.69, 9.17) is 11.5 Å². The average Bonchev–Trinajstić information content (AvgIpc) is 3.34. The lowest BCUT2D eigenvalue weighted by Gasteiger charge is -2.28. The minimum atomic E-state index is -1.52. The number of benzene rings is 1. The highest BCUT2D eigenvalue weighted by Crippen LogP contribution is 2.20. The lowest BCUT2D eigenvalue weighted by Crippen LogP contribution is -2.57. The second-order valence-corrected chi connectivity index (χ2v) is 9.01. The van der Waals surface area contributed by atoms with Crippen LogP contribution >= 0.6 is 0 Å². The number of rotatable bonds is 14. The van der Waals surface area contributed by atoms with Gasteiger partial charge >= 0.3 is 11.9 Å². The van der Waals surface area contributed by atoms with Crippen molar-refractivity contribution in [2.24, 2.45) is 11.5 Å². The summed E-state index contributed by atoms with van der Waals surface area (Å²) in [5.74, 6) is -4.71. The van der Waals surface area contributed by atoms with Crippen LogP contribution < -0.4 is 22.1 Å². The zero-order chi connectivity index (χ0) is 27.5. The molecule has 1 heterocycles. The van der Waals surface area contributed by atoms with E-state index in [2.05, 4.69) is 10.6 Å². The SMILES string of the molecule is NCCCCC(NC(=O)C(CC(=O)O)NC(=O)C(N)Cc1ccc(O)cc1)C(=O)N1CCCC1C(=O)O. The first kappa shape index (κ1) is 29.5. The number of hydrogen-bond donors (Lipinski definition) is 7. The molecule has 13 nitrogen and oxygen atoms in total. The number of aliphatic carboxylic acids is 2. The predicted octanol–water partition coefficient (Wildman–Crippen LogP) is -1.09. The van der Waals surface area contributed by atoms with Crippen LogP contribution in [0.25, 0.3) is 0 Å². The summed E-state index contributed by atoms with van der Waals surface area (Å²) in [6, 6.07) is 1.25. The fourth-order valence-electron chi connectivity index (χ4n) is 4.15. The first-order chi connectivity index (χ1) is 17.5. The van der Waals surface area contributed by atoms with E-state index in [1.165, 1.54) is 17.0 Å². The van der Waals surface area contributed by atoms with Crippen molar-refractivity contribution in [1.82, 2.24) is 15.5 Å². The van der Waals surface area contributed by atoms with Gasteiger partial charge < -0.3 is 42.3 Å². The fourth-order valence-corrected chi connectivity index (χ4v) is 4.15. The van der Waals surface area contributed by atoms with E-state index in [9.17, 15) is 39.3 Å². The highest BCUT2D eigenvalue weighted by Gasteiger charge is 2.38. The Bertz CT molecular complexity index is 970. The predicted molar refractivity (Wildman–Crippen MR) is 131 cm³/mol. The molecule has 0 radical (unpaired) electrons. The van der Waals surface area contributed by atoms with Crippen molar-refractivity contribution in [3.05, 3.63) is 29.8 Å². The Labute approximate surface area is 214 Å². The maximum atomic E-state index is 13.2. The van der Waals surface area contributed by atoms with Gasteiger partial charge in [0.1, 0.15) is 23.9 Å². The quantitative estimate of drug-likeness (QED) is 0.146. The minimum absolute atomic E-state index is 0.0409. The van der Waals surface area contributed by atoms with E-state index in [1.807, 2.05) is 0 Å². The van der Waals surface area contributed by atoms with Gasteiger partial charge in [-0.1, -0.05) is 12.1 Å². The summed E-state index contributed by atoms with van der Waals surface area (Å²) in [6.45, 7) is 0.577. The van der Waals surface area contributed by atoms with Crippen LogP contribution in [0.15, 0.2) is 24.3 Å². The van der Waals surface area contributed by atoms with E-state index < -0.39 is 60.2 Å². The molecule has 13 heteroatoms. The molecule has 1 aliphatic rings. The molecule has 0 saturated carbocycles. The second-order valence-electron chi connectivity index (χ2n) is 9.01. The maximum Gasteiger partial charge on any atom is 0.326 e. The number of amides is 3. The molecule has 1 aromatic rings. The molecule has 4 atom stereocenters. The van der Waals surface area contributed by atoms with Crippen molar-refractivity contribution < 1.29 is 39.3 Å². The fraction of sp³-hybridized carbons (Fsp3) is 0.542. The number of carboxylic acids is 2. The molecule has 1 aromatic carbocycles. The molecule has 37 heavy (non-hydrogen) atoms. The lowest BCUT2D eigenvalue weighted by atomic mass is 10.0. The Hall–Kier alpha value is -3.71. The summed E-state index contributed by atoms with van der Waals surface area (Å²) in [5.41, 5.74) is 12.1. The first-order valence-electron chi connectivity index (χ1n) is 12.1. The monoisotopic (exact) mass is 521 g/mol. The summed E-state index contributed by atoms with van der Waals surface area (Å²) in [6.07, 6.45) is 1.30. The number of nitrogens with one attached hydrogen (secondary N) is 2. The lowest BCUT2D eigenvalue weighted by molar-refractivity contribution is -0.149. The van der Waals surface area contributed by atoms with Gasteiger partial charge in [-0.2, -0.15) is 0 Å². The Kier molecular flexibility index (Phi) is 11.3. The van der Waals surface area contributed by atoms with E-state index in [-0.39, 0.29) is 25.1 Å². The molecule has 2 rings (SSSR count). The number of unbranched alkanes of at least 4 members (excludes halogenated alkanes) is 1. The summed E-state index contributed by atoms with van der Waals surface area (Å²) < 4.78 is 0. The van der Waals surface area contributed by atoms with E-state index in [0.717, 1.165) is 0 Å². The molecule has 0 aliphatic carbocycles. The number of likely N-dealkylation sites (tertiary alicyclic amines) is 1. The number of phenols is 1. The van der Waals surface area contributed by atoms with Crippen LogP contribution in [0.5, 0.6) is 5.75 Å². The van der Waals surface area contributed by atoms with Crippen molar-refractivity contribution in [2.75, 3.05) is 13.1 Å². The molecule has 204 valence electrons. The van der Waals surface area contributed by atoms with Crippen molar-refractivity contribution >= 4 is 29.7 Å². The second kappa shape index (κ2) is 14.1. The van der Waals surface area contributed by atoms with Crippen LogP contribution in [0, 0.1) is 0 Å². The third-order valence-electron chi connectivity index (χ3n) is 6.12. The molecule has 0 spiro atoms. The van der Waals surface area contributed by atoms with Gasteiger partial charge in [0.05, 0.1) is 12.5 Å². The minimum Gasteiger partial charge on any atom is -0.508 e. The smallest absolute Gasteiger partial charge is 0.326 e. The Balaban J connectivity index is 2.12. The summed E-state index contributed by atoms with van der Waals surface area (Å²) in [5, 5.41) is 33.0. The number of carbonyl (C=O) groups excluding carboxylic acids is 3. The van der Waals surface area contributed by atoms with Gasteiger partial charge in [0.15, 0.2) is 0 Å². The first-order valence-corrected chi connectivity index (χ1v) is 12.1. The number of nitrogens with zero attached hydrogens (tertiary/aromatic N) is 1. The van der Waals surface area contributed by atoms with Gasteiger partial charge in [0.2, 0.25) is 17.7 Å². The van der Waals surface area contributed by atoms with Gasteiger partial charge in [-0.3, -0.25) is 19.2 Å². The van der Waals surface area contributed by atoms with Gasteiger partial charge in [-0.05, 0) is 62.8 Å². The third-order valence-corrected chi connectivity index (χ3v) is 6.12. The summed E-state index contributed by atoms with van der Waals surface area (Å²) in [7, 11) is 0. The largest absolute Gasteiger partial charge is 0.508 e. The number of hydrogen-bond acceptors (Lipinski definition) is 8. The number of aromatic hydroxyl groups is 1. The third kappa shape index (κ3) is 9.03. The van der Waals surface area contributed by atoms with Crippen molar-refractivity contribution in [3.63, 3.8) is 0 Å². The highest BCUT2D eigenvalue weighted by atomic mass is 16.4. The van der Waals surface area contributed by atoms with Gasteiger partial charge in [-0.15, -0.1) is 0 Å². The van der Waals surface area contributed by atoms with Crippen molar-refractivity contribution in [3.8, 4) is 5.75 Å². The van der Waals surface area contributed by atoms with Gasteiger partial charge in [0.25, 0.3) is 0 Å². The topological polar surface area (TPSA) is 225 Å². The summed E-state index contributed by atoms with van der Waals surface area (Å²) in [4.78, 5) is 63.0. The van der Waals surface area contributed by atoms with E-state index >= 15 is 0 Å². The van der Waals surface area contributed by atoms with Crippen molar-refractivity contribution in [2.45, 2.75) is 69.1 Å². The molecule has 1 aliphatic heterocycles. The average molecular weight is 522 g/mol. The number of carboxylic acid groups (broad SMARTS) is 2.